The number of carbonyl (C=O) groups is 2. The summed E-state index contributed by atoms with van der Waals surface area (Å²) in [5, 5.41) is 1.99. The molecule has 2 heterocycles. The minimum Gasteiger partial charge on any atom is -0.377 e. The fourth-order valence-electron chi connectivity index (χ4n) is 4.39. The molecular weight excluding hydrogens is 420 g/mol. The van der Waals surface area contributed by atoms with Gasteiger partial charge in [-0.2, -0.15) is 0 Å². The van der Waals surface area contributed by atoms with Crippen LogP contribution in [0.25, 0.3) is 17.2 Å². The summed E-state index contributed by atoms with van der Waals surface area (Å²) in [7, 11) is 4.06. The van der Waals surface area contributed by atoms with Crippen LogP contribution in [-0.4, -0.2) is 31.8 Å². The number of nitrogens with zero attached hydrogens (tertiary/aromatic N) is 1. The highest BCUT2D eigenvalue weighted by Crippen LogP contribution is 2.45. The third-order valence-corrected chi connectivity index (χ3v) is 7.08. The zero-order valence-electron chi connectivity index (χ0n) is 19.8. The van der Waals surface area contributed by atoms with Crippen LogP contribution in [0, 0.1) is 6.92 Å². The van der Waals surface area contributed by atoms with Crippen molar-refractivity contribution < 1.29 is 14.3 Å². The number of hydrogen-bond acceptors (Lipinski definition) is 5. The van der Waals surface area contributed by atoms with Crippen molar-refractivity contribution in [2.24, 2.45) is 0 Å². The third kappa shape index (κ3) is 3.97. The van der Waals surface area contributed by atoms with E-state index in [1.54, 1.807) is 6.08 Å². The first-order chi connectivity index (χ1) is 14.9. The highest BCUT2D eigenvalue weighted by Gasteiger charge is 2.38. The van der Waals surface area contributed by atoms with E-state index in [0.717, 1.165) is 34.1 Å². The van der Waals surface area contributed by atoms with Crippen LogP contribution in [0.15, 0.2) is 35.2 Å². The molecule has 0 saturated carbocycles. The Balaban J connectivity index is 1.90. The maximum Gasteiger partial charge on any atom is 0.290 e. The molecule has 2 aromatic carbocycles. The molecule has 2 aliphatic rings. The summed E-state index contributed by atoms with van der Waals surface area (Å²) in [5.41, 5.74) is 7.54. The standard InChI is InChI=1S/C26H30N2O3S/c1-15-10-20-19(25(2,3)14-31-26(20,4)5)13-17(15)18-11-16(8-9-21(18)28(6)7)12-22-23(29)27-24(30)32-22/h8-13H,14H2,1-7H3,(H,27,29,30)/b22-12-. The van der Waals surface area contributed by atoms with E-state index in [0.29, 0.717) is 11.5 Å². The second-order valence-corrected chi connectivity index (χ2v) is 10.9. The van der Waals surface area contributed by atoms with Gasteiger partial charge < -0.3 is 9.64 Å². The van der Waals surface area contributed by atoms with Gasteiger partial charge in [0, 0.05) is 30.8 Å². The lowest BCUT2D eigenvalue weighted by Gasteiger charge is -2.42. The predicted octanol–water partition coefficient (Wildman–Crippen LogP) is 5.59. The first-order valence-electron chi connectivity index (χ1n) is 10.8. The van der Waals surface area contributed by atoms with Gasteiger partial charge in [0.2, 0.25) is 0 Å². The zero-order chi connectivity index (χ0) is 23.4. The van der Waals surface area contributed by atoms with E-state index in [-0.39, 0.29) is 22.2 Å². The molecule has 0 atom stereocenters. The second kappa shape index (κ2) is 7.78. The van der Waals surface area contributed by atoms with Crippen LogP contribution in [0.4, 0.5) is 10.5 Å². The first-order valence-corrected chi connectivity index (χ1v) is 11.6. The number of hydrogen-bond donors (Lipinski definition) is 1. The largest absolute Gasteiger partial charge is 0.377 e. The summed E-state index contributed by atoms with van der Waals surface area (Å²) >= 11 is 0.939. The van der Waals surface area contributed by atoms with Gasteiger partial charge in [0.05, 0.1) is 17.1 Å². The molecule has 0 unspecified atom stereocenters. The SMILES string of the molecule is Cc1cc2c(cc1-c1cc(/C=C3\SC(=O)NC3=O)ccc1N(C)C)C(C)(C)COC2(C)C. The molecule has 1 N–H and O–H groups in total. The Morgan fingerprint density at radius 2 is 1.75 bits per heavy atom. The van der Waals surface area contributed by atoms with Gasteiger partial charge in [0.25, 0.3) is 11.1 Å². The van der Waals surface area contributed by atoms with Crippen LogP contribution in [0.1, 0.15) is 49.9 Å². The normalized spacial score (nSPS) is 20.3. The van der Waals surface area contributed by atoms with Crippen LogP contribution < -0.4 is 10.2 Å². The number of rotatable bonds is 3. The Morgan fingerprint density at radius 3 is 2.38 bits per heavy atom. The Hall–Kier alpha value is -2.57. The highest BCUT2D eigenvalue weighted by molar-refractivity contribution is 8.18. The van der Waals surface area contributed by atoms with Gasteiger partial charge in [-0.15, -0.1) is 0 Å². The van der Waals surface area contributed by atoms with Gasteiger partial charge in [-0.1, -0.05) is 26.0 Å². The van der Waals surface area contributed by atoms with Crippen molar-refractivity contribution in [3.63, 3.8) is 0 Å². The van der Waals surface area contributed by atoms with E-state index in [1.165, 1.54) is 16.7 Å². The molecule has 0 aromatic heterocycles. The Morgan fingerprint density at radius 1 is 1.03 bits per heavy atom. The second-order valence-electron chi connectivity index (χ2n) is 9.92. The number of imide groups is 1. The van der Waals surface area contributed by atoms with E-state index in [4.69, 9.17) is 4.74 Å². The topological polar surface area (TPSA) is 58.6 Å². The van der Waals surface area contributed by atoms with Crippen molar-refractivity contribution in [1.29, 1.82) is 0 Å². The van der Waals surface area contributed by atoms with Gasteiger partial charge in [0.1, 0.15) is 0 Å². The molecule has 0 radical (unpaired) electrons. The van der Waals surface area contributed by atoms with E-state index in [9.17, 15) is 9.59 Å². The Labute approximate surface area is 194 Å². The summed E-state index contributed by atoms with van der Waals surface area (Å²) in [4.78, 5) is 26.1. The summed E-state index contributed by atoms with van der Waals surface area (Å²) in [6.45, 7) is 11.5. The lowest BCUT2D eigenvalue weighted by molar-refractivity contribution is -0.115. The molecule has 1 saturated heterocycles. The summed E-state index contributed by atoms with van der Waals surface area (Å²) in [5.74, 6) is -0.341. The number of fused-ring (bicyclic) bond motifs is 1. The molecule has 1 fully saturated rings. The molecular formula is C26H30N2O3S. The van der Waals surface area contributed by atoms with Gasteiger partial charge in [-0.3, -0.25) is 14.9 Å². The van der Waals surface area contributed by atoms with Crippen molar-refractivity contribution in [3.8, 4) is 11.1 Å². The maximum atomic E-state index is 12.0. The molecule has 32 heavy (non-hydrogen) atoms. The fourth-order valence-corrected chi connectivity index (χ4v) is 5.08. The van der Waals surface area contributed by atoms with Crippen LogP contribution >= 0.6 is 11.8 Å². The summed E-state index contributed by atoms with van der Waals surface area (Å²) < 4.78 is 6.20. The smallest absolute Gasteiger partial charge is 0.290 e. The quantitative estimate of drug-likeness (QED) is 0.617. The van der Waals surface area contributed by atoms with Crippen LogP contribution in [0.5, 0.6) is 0 Å². The summed E-state index contributed by atoms with van der Waals surface area (Å²) in [6, 6.07) is 10.7. The van der Waals surface area contributed by atoms with Crippen molar-refractivity contribution in [1.82, 2.24) is 5.32 Å². The molecule has 0 aliphatic carbocycles. The van der Waals surface area contributed by atoms with E-state index < -0.39 is 0 Å². The average Bonchev–Trinajstić information content (AvgIpc) is 3.02. The molecule has 0 bridgehead atoms. The number of ether oxygens (including phenoxy) is 1. The minimum absolute atomic E-state index is 0.0931. The molecule has 5 nitrogen and oxygen atoms in total. The van der Waals surface area contributed by atoms with E-state index in [2.05, 4.69) is 69.1 Å². The number of benzene rings is 2. The van der Waals surface area contributed by atoms with Crippen molar-refractivity contribution in [3.05, 3.63) is 57.5 Å². The molecule has 168 valence electrons. The van der Waals surface area contributed by atoms with Gasteiger partial charge in [-0.05, 0) is 84.6 Å². The molecule has 4 rings (SSSR count). The average molecular weight is 451 g/mol. The molecule has 6 heteroatoms. The zero-order valence-corrected chi connectivity index (χ0v) is 20.6. The fraction of sp³-hybridized carbons (Fsp3) is 0.385. The Kier molecular flexibility index (Phi) is 5.50. The number of carbonyl (C=O) groups excluding carboxylic acids is 2. The van der Waals surface area contributed by atoms with Gasteiger partial charge in [-0.25, -0.2) is 0 Å². The van der Waals surface area contributed by atoms with Gasteiger partial charge in [0.15, 0.2) is 0 Å². The number of thioether (sulfide) groups is 1. The number of nitrogens with one attached hydrogen (secondary N) is 1. The van der Waals surface area contributed by atoms with Crippen LogP contribution in [0.3, 0.4) is 0 Å². The number of aryl methyl sites for hydroxylation is 1. The first kappa shape index (κ1) is 22.6. The van der Waals surface area contributed by atoms with Crippen LogP contribution in [0.2, 0.25) is 0 Å². The molecule has 0 spiro atoms. The van der Waals surface area contributed by atoms with E-state index >= 15 is 0 Å². The number of amides is 2. The minimum atomic E-state index is -0.341. The summed E-state index contributed by atoms with van der Waals surface area (Å²) in [6.07, 6.45) is 1.78. The van der Waals surface area contributed by atoms with Crippen molar-refractivity contribution >= 4 is 34.7 Å². The lowest BCUT2D eigenvalue weighted by Crippen LogP contribution is -2.40. The Bertz CT molecular complexity index is 1160. The maximum absolute atomic E-state index is 12.0. The van der Waals surface area contributed by atoms with Crippen LogP contribution in [-0.2, 0) is 20.5 Å². The van der Waals surface area contributed by atoms with Crippen molar-refractivity contribution in [2.45, 2.75) is 45.6 Å². The monoisotopic (exact) mass is 450 g/mol. The molecule has 2 aliphatic heterocycles. The molecule has 2 amide bonds. The number of anilines is 1. The highest BCUT2D eigenvalue weighted by atomic mass is 32.2. The third-order valence-electron chi connectivity index (χ3n) is 6.27. The van der Waals surface area contributed by atoms with E-state index in [1.807, 2.05) is 20.2 Å². The lowest BCUT2D eigenvalue weighted by atomic mass is 9.73. The van der Waals surface area contributed by atoms with Crippen molar-refractivity contribution in [2.75, 3.05) is 25.6 Å². The predicted molar refractivity (Wildman–Crippen MR) is 132 cm³/mol. The van der Waals surface area contributed by atoms with Gasteiger partial charge >= 0.3 is 0 Å². The molecule has 2 aromatic rings.